The van der Waals surface area contributed by atoms with Gasteiger partial charge in [0.1, 0.15) is 12.4 Å². The molecule has 0 saturated carbocycles. The number of pyridine rings is 1. The maximum atomic E-state index is 12.0. The van der Waals surface area contributed by atoms with E-state index in [1.807, 2.05) is 23.9 Å². The summed E-state index contributed by atoms with van der Waals surface area (Å²) in [5, 5.41) is 0.210. The summed E-state index contributed by atoms with van der Waals surface area (Å²) >= 11 is 1.75. The molecule has 1 aromatic heterocycles. The summed E-state index contributed by atoms with van der Waals surface area (Å²) in [6.07, 6.45) is 8.99. The van der Waals surface area contributed by atoms with Crippen LogP contribution in [-0.2, 0) is 11.8 Å². The van der Waals surface area contributed by atoms with Crippen LogP contribution in [0.15, 0.2) is 24.5 Å². The van der Waals surface area contributed by atoms with Crippen LogP contribution < -0.4 is 4.57 Å². The van der Waals surface area contributed by atoms with Crippen molar-refractivity contribution in [3.63, 3.8) is 0 Å². The lowest BCUT2D eigenvalue weighted by atomic mass is 10.2. The van der Waals surface area contributed by atoms with Crippen LogP contribution in [0.3, 0.4) is 0 Å². The Morgan fingerprint density at radius 1 is 1.42 bits per heavy atom. The third-order valence-electron chi connectivity index (χ3n) is 3.47. The maximum absolute atomic E-state index is 12.0. The van der Waals surface area contributed by atoms with Crippen molar-refractivity contribution in [1.82, 2.24) is 4.90 Å². The first kappa shape index (κ1) is 14.4. The number of unbranched alkanes of at least 4 members (excludes halogenated alkanes) is 3. The van der Waals surface area contributed by atoms with Crippen molar-refractivity contribution >= 4 is 17.7 Å². The first-order valence-corrected chi connectivity index (χ1v) is 8.13. The van der Waals surface area contributed by atoms with E-state index in [4.69, 9.17) is 0 Å². The van der Waals surface area contributed by atoms with Crippen LogP contribution >= 0.6 is 11.8 Å². The second-order valence-electron chi connectivity index (χ2n) is 5.11. The fourth-order valence-corrected chi connectivity index (χ4v) is 3.64. The van der Waals surface area contributed by atoms with Crippen molar-refractivity contribution in [2.45, 2.75) is 38.0 Å². The third-order valence-corrected chi connectivity index (χ3v) is 4.72. The Labute approximate surface area is 120 Å². The van der Waals surface area contributed by atoms with Crippen LogP contribution in [0, 0.1) is 0 Å². The lowest BCUT2D eigenvalue weighted by Gasteiger charge is -2.23. The number of hydrogen-bond donors (Lipinski definition) is 0. The molecule has 0 aromatic carbocycles. The van der Waals surface area contributed by atoms with Crippen molar-refractivity contribution in [2.24, 2.45) is 7.05 Å². The number of aromatic nitrogens is 1. The van der Waals surface area contributed by atoms with Crippen molar-refractivity contribution in [2.75, 3.05) is 12.3 Å². The lowest BCUT2D eigenvalue weighted by Crippen LogP contribution is -2.32. The van der Waals surface area contributed by atoms with Gasteiger partial charge in [0.25, 0.3) is 0 Å². The molecule has 1 aromatic rings. The summed E-state index contributed by atoms with van der Waals surface area (Å²) in [5.41, 5.74) is 1.23. The zero-order chi connectivity index (χ0) is 13.7. The molecule has 3 nitrogen and oxygen atoms in total. The molecular weight excluding hydrogens is 256 g/mol. The van der Waals surface area contributed by atoms with Crippen LogP contribution in [0.2, 0.25) is 0 Å². The average molecular weight is 279 g/mol. The van der Waals surface area contributed by atoms with Gasteiger partial charge in [0.2, 0.25) is 5.91 Å². The molecule has 0 bridgehead atoms. The minimum absolute atomic E-state index is 0.210. The number of aryl methyl sites for hydroxylation is 1. The summed E-state index contributed by atoms with van der Waals surface area (Å²) in [6, 6.07) is 4.17. The lowest BCUT2D eigenvalue weighted by molar-refractivity contribution is -0.672. The van der Waals surface area contributed by atoms with Crippen molar-refractivity contribution in [3.8, 4) is 0 Å². The number of hydrogen-bond acceptors (Lipinski definition) is 2. The fraction of sp³-hybridized carbons (Fsp3) is 0.600. The van der Waals surface area contributed by atoms with E-state index in [1.165, 1.54) is 24.8 Å². The number of carbonyl (C=O) groups is 1. The van der Waals surface area contributed by atoms with Gasteiger partial charge in [-0.2, -0.15) is 0 Å². The van der Waals surface area contributed by atoms with E-state index in [0.717, 1.165) is 13.0 Å². The van der Waals surface area contributed by atoms with Gasteiger partial charge in [-0.15, -0.1) is 11.8 Å². The highest BCUT2D eigenvalue weighted by molar-refractivity contribution is 8.00. The number of nitrogens with zero attached hydrogens (tertiary/aromatic N) is 2. The monoisotopic (exact) mass is 279 g/mol. The number of rotatable bonds is 6. The van der Waals surface area contributed by atoms with Gasteiger partial charge in [0, 0.05) is 18.2 Å². The average Bonchev–Trinajstić information content (AvgIpc) is 2.76. The molecule has 1 aliphatic rings. The normalized spacial score (nSPS) is 19.2. The largest absolute Gasteiger partial charge is 0.326 e. The second kappa shape index (κ2) is 6.94. The van der Waals surface area contributed by atoms with Gasteiger partial charge in [-0.05, 0) is 12.5 Å². The topological polar surface area (TPSA) is 24.2 Å². The van der Waals surface area contributed by atoms with E-state index in [2.05, 4.69) is 24.1 Å². The number of carbonyl (C=O) groups excluding carboxylic acids is 1. The summed E-state index contributed by atoms with van der Waals surface area (Å²) in [6.45, 7) is 3.11. The molecule has 104 valence electrons. The van der Waals surface area contributed by atoms with Gasteiger partial charge in [0.05, 0.1) is 5.75 Å². The molecule has 0 N–H and O–H groups in total. The van der Waals surface area contributed by atoms with E-state index in [1.54, 1.807) is 11.8 Å². The molecule has 1 fully saturated rings. The molecular formula is C15H23N2OS+. The van der Waals surface area contributed by atoms with Crippen LogP contribution in [0.4, 0.5) is 0 Å². The Morgan fingerprint density at radius 3 is 3.00 bits per heavy atom. The van der Waals surface area contributed by atoms with Gasteiger partial charge < -0.3 is 4.90 Å². The fourth-order valence-electron chi connectivity index (χ4n) is 2.44. The van der Waals surface area contributed by atoms with Crippen LogP contribution in [0.5, 0.6) is 0 Å². The van der Waals surface area contributed by atoms with E-state index in [-0.39, 0.29) is 11.3 Å². The molecule has 19 heavy (non-hydrogen) atoms. The Bertz CT molecular complexity index is 436. The Hall–Kier alpha value is -1.03. The predicted molar refractivity (Wildman–Crippen MR) is 78.7 cm³/mol. The third kappa shape index (κ3) is 3.72. The van der Waals surface area contributed by atoms with Gasteiger partial charge in [-0.25, -0.2) is 4.57 Å². The maximum Gasteiger partial charge on any atom is 0.233 e. The molecule has 1 amide bonds. The number of thioether (sulfide) groups is 1. The van der Waals surface area contributed by atoms with Crippen molar-refractivity contribution < 1.29 is 9.36 Å². The molecule has 2 heterocycles. The molecule has 1 unspecified atom stereocenters. The molecule has 1 aliphatic heterocycles. The quantitative estimate of drug-likeness (QED) is 0.590. The zero-order valence-corrected chi connectivity index (χ0v) is 12.7. The Kier molecular flexibility index (Phi) is 5.25. The summed E-state index contributed by atoms with van der Waals surface area (Å²) in [5.74, 6) is 0.912. The van der Waals surface area contributed by atoms with Crippen LogP contribution in [0.1, 0.15) is 43.5 Å². The molecule has 0 spiro atoms. The molecule has 2 rings (SSSR count). The predicted octanol–water partition coefficient (Wildman–Crippen LogP) is 2.67. The van der Waals surface area contributed by atoms with Crippen molar-refractivity contribution in [3.05, 3.63) is 30.1 Å². The first-order valence-electron chi connectivity index (χ1n) is 7.08. The van der Waals surface area contributed by atoms with Crippen LogP contribution in [0.25, 0.3) is 0 Å². The summed E-state index contributed by atoms with van der Waals surface area (Å²) in [4.78, 5) is 14.1. The van der Waals surface area contributed by atoms with E-state index >= 15 is 0 Å². The SMILES string of the molecule is CCCCCCN1C(=O)CSC1c1ccc[n+](C)c1. The number of amides is 1. The molecule has 0 aliphatic carbocycles. The van der Waals surface area contributed by atoms with Gasteiger partial charge in [-0.1, -0.05) is 26.2 Å². The highest BCUT2D eigenvalue weighted by Crippen LogP contribution is 2.38. The van der Waals surface area contributed by atoms with Crippen molar-refractivity contribution in [1.29, 1.82) is 0 Å². The van der Waals surface area contributed by atoms with Gasteiger partial charge >= 0.3 is 0 Å². The Morgan fingerprint density at radius 2 is 2.26 bits per heavy atom. The van der Waals surface area contributed by atoms with E-state index < -0.39 is 0 Å². The highest BCUT2D eigenvalue weighted by Gasteiger charge is 2.33. The molecule has 1 saturated heterocycles. The molecule has 1 atom stereocenters. The zero-order valence-electron chi connectivity index (χ0n) is 11.8. The van der Waals surface area contributed by atoms with Gasteiger partial charge in [-0.3, -0.25) is 4.79 Å². The molecule has 4 heteroatoms. The van der Waals surface area contributed by atoms with Gasteiger partial charge in [0.15, 0.2) is 12.4 Å². The van der Waals surface area contributed by atoms with E-state index in [9.17, 15) is 4.79 Å². The summed E-state index contributed by atoms with van der Waals surface area (Å²) in [7, 11) is 2.02. The Balaban J connectivity index is 2.00. The van der Waals surface area contributed by atoms with E-state index in [0.29, 0.717) is 5.75 Å². The first-order chi connectivity index (χ1) is 9.22. The second-order valence-corrected chi connectivity index (χ2v) is 6.18. The minimum Gasteiger partial charge on any atom is -0.326 e. The summed E-state index contributed by atoms with van der Waals surface area (Å²) < 4.78 is 2.05. The molecule has 0 radical (unpaired) electrons. The standard InChI is InChI=1S/C15H23N2OS/c1-3-4-5-6-10-17-14(18)12-19-15(17)13-8-7-9-16(2)11-13/h7-9,11,15H,3-6,10,12H2,1-2H3/q+1. The highest BCUT2D eigenvalue weighted by atomic mass is 32.2. The minimum atomic E-state index is 0.210. The smallest absolute Gasteiger partial charge is 0.233 e. The van der Waals surface area contributed by atoms with Crippen LogP contribution in [-0.4, -0.2) is 23.1 Å².